The summed E-state index contributed by atoms with van der Waals surface area (Å²) in [4.78, 5) is 30.5. The Hall–Kier alpha value is -3.79. The van der Waals surface area contributed by atoms with Gasteiger partial charge in [0.05, 0.1) is 33.5 Å². The number of esters is 1. The Morgan fingerprint density at radius 1 is 0.848 bits per heavy atom. The lowest BCUT2D eigenvalue weighted by molar-refractivity contribution is -0.159. The van der Waals surface area contributed by atoms with Crippen molar-refractivity contribution in [2.75, 3.05) is 41.0 Å². The minimum absolute atomic E-state index is 0.341. The predicted octanol–water partition coefficient (Wildman–Crippen LogP) is 2.25. The first-order valence-electron chi connectivity index (χ1n) is 10.0. The highest BCUT2D eigenvalue weighted by atomic mass is 16.5. The Morgan fingerprint density at radius 2 is 1.42 bits per heavy atom. The summed E-state index contributed by atoms with van der Waals surface area (Å²) in [6.07, 6.45) is 1.72. The van der Waals surface area contributed by atoms with Crippen molar-refractivity contribution in [2.24, 2.45) is 0 Å². The second kappa shape index (κ2) is 15.1. The second-order valence-electron chi connectivity index (χ2n) is 6.50. The number of nitrogens with one attached hydrogen (secondary N) is 1. The summed E-state index contributed by atoms with van der Waals surface area (Å²) in [6, 6.07) is 13.5. The molecule has 0 saturated heterocycles. The Labute approximate surface area is 192 Å². The van der Waals surface area contributed by atoms with E-state index in [2.05, 4.69) is 17.4 Å². The van der Waals surface area contributed by atoms with E-state index < -0.39 is 17.9 Å². The van der Waals surface area contributed by atoms with Crippen LogP contribution < -0.4 is 19.5 Å². The molecule has 10 heteroatoms. The normalized spacial score (nSPS) is 9.79. The first kappa shape index (κ1) is 27.2. The van der Waals surface area contributed by atoms with Crippen LogP contribution in [0.15, 0.2) is 42.5 Å². The van der Waals surface area contributed by atoms with E-state index in [1.807, 2.05) is 18.2 Å². The van der Waals surface area contributed by atoms with Crippen molar-refractivity contribution in [1.29, 1.82) is 0 Å². The number of hydrogen-bond acceptors (Lipinski definition) is 8. The van der Waals surface area contributed by atoms with Gasteiger partial charge < -0.3 is 34.5 Å². The fourth-order valence-electron chi connectivity index (χ4n) is 2.65. The number of carboxylic acid groups (broad SMARTS) is 2. The highest BCUT2D eigenvalue weighted by Crippen LogP contribution is 2.38. The molecule has 0 amide bonds. The van der Waals surface area contributed by atoms with Crippen LogP contribution in [0.3, 0.4) is 0 Å². The number of benzene rings is 2. The third-order valence-electron chi connectivity index (χ3n) is 4.25. The zero-order valence-corrected chi connectivity index (χ0v) is 18.8. The maximum absolute atomic E-state index is 12.3. The molecule has 0 fully saturated rings. The van der Waals surface area contributed by atoms with Crippen LogP contribution in [0.2, 0.25) is 0 Å². The van der Waals surface area contributed by atoms with Crippen LogP contribution in [0, 0.1) is 0 Å². The summed E-state index contributed by atoms with van der Waals surface area (Å²) >= 11 is 0. The molecule has 0 aromatic heterocycles. The molecule has 180 valence electrons. The Balaban J connectivity index is 0.000000801. The van der Waals surface area contributed by atoms with Crippen LogP contribution in [-0.4, -0.2) is 69.1 Å². The molecule has 33 heavy (non-hydrogen) atoms. The summed E-state index contributed by atoms with van der Waals surface area (Å²) < 4.78 is 21.1. The van der Waals surface area contributed by atoms with E-state index in [1.54, 1.807) is 12.1 Å². The van der Waals surface area contributed by atoms with E-state index in [-0.39, 0.29) is 0 Å². The van der Waals surface area contributed by atoms with E-state index >= 15 is 0 Å². The van der Waals surface area contributed by atoms with Crippen LogP contribution in [0.1, 0.15) is 22.3 Å². The maximum Gasteiger partial charge on any atom is 0.414 e. The average Bonchev–Trinajstić information content (AvgIpc) is 2.83. The smallest absolute Gasteiger partial charge is 0.414 e. The second-order valence-corrected chi connectivity index (χ2v) is 6.50. The Bertz CT molecular complexity index is 863. The number of methoxy groups -OCH3 is 3. The van der Waals surface area contributed by atoms with Crippen LogP contribution in [0.5, 0.6) is 17.2 Å². The van der Waals surface area contributed by atoms with Crippen LogP contribution in [-0.2, 0) is 20.7 Å². The Kier molecular flexibility index (Phi) is 12.5. The van der Waals surface area contributed by atoms with Gasteiger partial charge in [-0.2, -0.15) is 0 Å². The molecule has 0 unspecified atom stereocenters. The molecule has 0 radical (unpaired) electrons. The number of carboxylic acids is 2. The summed E-state index contributed by atoms with van der Waals surface area (Å²) in [5.74, 6) is -2.78. The van der Waals surface area contributed by atoms with Gasteiger partial charge in [-0.1, -0.05) is 30.3 Å². The van der Waals surface area contributed by atoms with Gasteiger partial charge in [0.25, 0.3) is 0 Å². The van der Waals surface area contributed by atoms with Gasteiger partial charge in [-0.25, -0.2) is 14.4 Å². The molecule has 0 aliphatic carbocycles. The minimum atomic E-state index is -1.82. The summed E-state index contributed by atoms with van der Waals surface area (Å²) in [5, 5.41) is 18.1. The minimum Gasteiger partial charge on any atom is -0.493 e. The van der Waals surface area contributed by atoms with E-state index in [9.17, 15) is 4.79 Å². The fraction of sp³-hybridized carbons (Fsp3) is 0.348. The van der Waals surface area contributed by atoms with E-state index in [4.69, 9.17) is 38.7 Å². The topological polar surface area (TPSA) is 141 Å². The van der Waals surface area contributed by atoms with Crippen molar-refractivity contribution < 1.29 is 43.5 Å². The Morgan fingerprint density at radius 3 is 1.91 bits per heavy atom. The number of carbonyl (C=O) groups excluding carboxylic acids is 1. The van der Waals surface area contributed by atoms with Gasteiger partial charge in [0.15, 0.2) is 11.5 Å². The lowest BCUT2D eigenvalue weighted by Gasteiger charge is -2.13. The van der Waals surface area contributed by atoms with Crippen molar-refractivity contribution in [2.45, 2.75) is 12.8 Å². The SMILES string of the molecule is COc1cc(C(=O)OCCCNCCc2ccccc2)cc(OC)c1OC.O=C(O)C(=O)O. The first-order chi connectivity index (χ1) is 15.8. The lowest BCUT2D eigenvalue weighted by Crippen LogP contribution is -2.20. The van der Waals surface area contributed by atoms with Crippen molar-refractivity contribution in [3.63, 3.8) is 0 Å². The van der Waals surface area contributed by atoms with Gasteiger partial charge in [0.1, 0.15) is 0 Å². The quantitative estimate of drug-likeness (QED) is 0.258. The molecule has 0 bridgehead atoms. The molecule has 0 heterocycles. The standard InChI is InChI=1S/C21H27NO5.C2H2O4/c1-24-18-14-17(15-19(25-2)20(18)26-3)21(23)27-13-7-11-22-12-10-16-8-5-4-6-9-16;3-1(4)2(5)6/h4-6,8-9,14-15,22H,7,10-13H2,1-3H3;(H,3,4)(H,5,6). The number of rotatable bonds is 11. The predicted molar refractivity (Wildman–Crippen MR) is 119 cm³/mol. The molecule has 2 aromatic carbocycles. The molecule has 0 atom stereocenters. The molecule has 0 aliphatic rings. The zero-order valence-electron chi connectivity index (χ0n) is 18.8. The van der Waals surface area contributed by atoms with Gasteiger partial charge in [0.2, 0.25) is 5.75 Å². The van der Waals surface area contributed by atoms with Gasteiger partial charge in [0, 0.05) is 0 Å². The van der Waals surface area contributed by atoms with Crippen molar-refractivity contribution in [3.8, 4) is 17.2 Å². The maximum atomic E-state index is 12.3. The molecular weight excluding hydrogens is 434 g/mol. The summed E-state index contributed by atoms with van der Waals surface area (Å²) in [7, 11) is 4.53. The van der Waals surface area contributed by atoms with E-state index in [0.29, 0.717) is 29.4 Å². The van der Waals surface area contributed by atoms with Crippen LogP contribution in [0.4, 0.5) is 0 Å². The van der Waals surface area contributed by atoms with Gasteiger partial charge in [-0.3, -0.25) is 0 Å². The number of aliphatic carboxylic acids is 2. The molecule has 0 spiro atoms. The highest BCUT2D eigenvalue weighted by molar-refractivity contribution is 6.27. The molecule has 3 N–H and O–H groups in total. The van der Waals surface area contributed by atoms with Crippen LogP contribution >= 0.6 is 0 Å². The number of hydrogen-bond donors (Lipinski definition) is 3. The van der Waals surface area contributed by atoms with Gasteiger partial charge in [-0.15, -0.1) is 0 Å². The monoisotopic (exact) mass is 463 g/mol. The number of ether oxygens (including phenoxy) is 4. The zero-order chi connectivity index (χ0) is 24.6. The fourth-order valence-corrected chi connectivity index (χ4v) is 2.65. The van der Waals surface area contributed by atoms with Crippen molar-refractivity contribution in [1.82, 2.24) is 5.32 Å². The molecule has 0 saturated carbocycles. The average molecular weight is 463 g/mol. The summed E-state index contributed by atoms with van der Waals surface area (Å²) in [6.45, 7) is 2.02. The van der Waals surface area contributed by atoms with E-state index in [1.165, 1.54) is 26.9 Å². The van der Waals surface area contributed by atoms with Crippen LogP contribution in [0.25, 0.3) is 0 Å². The largest absolute Gasteiger partial charge is 0.493 e. The summed E-state index contributed by atoms with van der Waals surface area (Å²) in [5.41, 5.74) is 1.67. The highest BCUT2D eigenvalue weighted by Gasteiger charge is 2.17. The third-order valence-corrected chi connectivity index (χ3v) is 4.25. The van der Waals surface area contributed by atoms with Crippen molar-refractivity contribution >= 4 is 17.9 Å². The first-order valence-corrected chi connectivity index (χ1v) is 10.0. The lowest BCUT2D eigenvalue weighted by atomic mass is 10.1. The molecular formula is C23H29NO9. The van der Waals surface area contributed by atoms with Crippen molar-refractivity contribution in [3.05, 3.63) is 53.6 Å². The number of carbonyl (C=O) groups is 3. The molecule has 0 aliphatic heterocycles. The van der Waals surface area contributed by atoms with E-state index in [0.717, 1.165) is 25.9 Å². The van der Waals surface area contributed by atoms with Gasteiger partial charge >= 0.3 is 17.9 Å². The molecule has 2 aromatic rings. The molecule has 2 rings (SSSR count). The molecule has 10 nitrogen and oxygen atoms in total. The third kappa shape index (κ3) is 9.92. The van der Waals surface area contributed by atoms with Gasteiger partial charge in [-0.05, 0) is 43.6 Å².